The van der Waals surface area contributed by atoms with Crippen LogP contribution in [0.5, 0.6) is 0 Å². The van der Waals surface area contributed by atoms with Gasteiger partial charge in [0, 0.05) is 39.1 Å². The van der Waals surface area contributed by atoms with Crippen LogP contribution in [0.2, 0.25) is 0 Å². The lowest BCUT2D eigenvalue weighted by molar-refractivity contribution is -0.0673. The van der Waals surface area contributed by atoms with Gasteiger partial charge in [-0.25, -0.2) is 0 Å². The molecule has 1 aromatic heterocycles. The van der Waals surface area contributed by atoms with E-state index in [0.717, 1.165) is 70.1 Å². The van der Waals surface area contributed by atoms with Crippen molar-refractivity contribution in [1.29, 1.82) is 0 Å². The minimum atomic E-state index is -0.0412. The smallest absolute Gasteiger partial charge is 0.272 e. The number of aromatic nitrogens is 1. The minimum Gasteiger partial charge on any atom is -0.381 e. The lowest BCUT2D eigenvalue weighted by Crippen LogP contribution is -2.49. The monoisotopic (exact) mass is 358 g/mol. The topological polar surface area (TPSA) is 51.7 Å². The van der Waals surface area contributed by atoms with E-state index in [4.69, 9.17) is 9.47 Å². The van der Waals surface area contributed by atoms with E-state index in [1.807, 2.05) is 24.0 Å². The van der Waals surface area contributed by atoms with E-state index < -0.39 is 0 Å². The van der Waals surface area contributed by atoms with Crippen molar-refractivity contribution in [2.24, 2.45) is 11.8 Å². The fraction of sp³-hybridized carbons (Fsp3) is 0.714. The highest BCUT2D eigenvalue weighted by molar-refractivity contribution is 5.92. The summed E-state index contributed by atoms with van der Waals surface area (Å²) in [5.74, 6) is 1.44. The maximum absolute atomic E-state index is 12.7. The van der Waals surface area contributed by atoms with Crippen molar-refractivity contribution in [2.45, 2.75) is 51.0 Å². The number of rotatable bonds is 6. The summed E-state index contributed by atoms with van der Waals surface area (Å²) in [6.07, 6.45) is 8.51. The van der Waals surface area contributed by atoms with Crippen molar-refractivity contribution in [2.75, 3.05) is 32.9 Å². The molecule has 1 aromatic rings. The van der Waals surface area contributed by atoms with Crippen LogP contribution in [-0.4, -0.2) is 54.3 Å². The molecular formula is C21H30N2O3. The summed E-state index contributed by atoms with van der Waals surface area (Å²) in [6, 6.07) is 3.78. The lowest BCUT2D eigenvalue weighted by Gasteiger charge is -2.42. The lowest BCUT2D eigenvalue weighted by atomic mass is 9.78. The molecule has 2 aliphatic heterocycles. The first-order chi connectivity index (χ1) is 12.7. The molecule has 1 amide bonds. The van der Waals surface area contributed by atoms with E-state index in [9.17, 15) is 4.79 Å². The molecule has 1 spiro atoms. The van der Waals surface area contributed by atoms with Crippen LogP contribution in [0.15, 0.2) is 18.3 Å². The van der Waals surface area contributed by atoms with Gasteiger partial charge in [-0.2, -0.15) is 0 Å². The van der Waals surface area contributed by atoms with Crippen LogP contribution < -0.4 is 0 Å². The van der Waals surface area contributed by atoms with E-state index in [1.165, 1.54) is 12.8 Å². The number of carbonyl (C=O) groups is 1. The largest absolute Gasteiger partial charge is 0.381 e. The first kappa shape index (κ1) is 17.9. The summed E-state index contributed by atoms with van der Waals surface area (Å²) >= 11 is 0. The molecule has 1 saturated carbocycles. The van der Waals surface area contributed by atoms with E-state index >= 15 is 0 Å². The third kappa shape index (κ3) is 3.94. The Labute approximate surface area is 156 Å². The Hall–Kier alpha value is -1.46. The van der Waals surface area contributed by atoms with Gasteiger partial charge in [-0.1, -0.05) is 6.07 Å². The van der Waals surface area contributed by atoms with E-state index in [1.54, 1.807) is 6.20 Å². The standard InChI is InChI=1S/C21H30N2O3/c1-16-2-5-19(22-14-16)20(24)23-10-8-21(9-11-23)18(7-13-26-21)6-12-25-15-17-3-4-17/h2,5,14,17-18H,3-4,6-13,15H2,1H3. The summed E-state index contributed by atoms with van der Waals surface area (Å²) in [5.41, 5.74) is 1.58. The molecule has 0 aromatic carbocycles. The predicted octanol–water partition coefficient (Wildman–Crippen LogP) is 3.22. The number of pyridine rings is 1. The number of nitrogens with zero attached hydrogens (tertiary/aromatic N) is 2. The minimum absolute atomic E-state index is 0.0412. The van der Waals surface area contributed by atoms with Gasteiger partial charge < -0.3 is 14.4 Å². The van der Waals surface area contributed by atoms with E-state index in [0.29, 0.717) is 11.6 Å². The predicted molar refractivity (Wildman–Crippen MR) is 99.1 cm³/mol. The Kier molecular flexibility index (Phi) is 5.28. The van der Waals surface area contributed by atoms with Crippen LogP contribution >= 0.6 is 0 Å². The molecule has 0 N–H and O–H groups in total. The number of piperidine rings is 1. The van der Waals surface area contributed by atoms with Crippen molar-refractivity contribution < 1.29 is 14.3 Å². The Morgan fingerprint density at radius 2 is 2.12 bits per heavy atom. The zero-order valence-electron chi connectivity index (χ0n) is 15.8. The molecule has 3 fully saturated rings. The maximum Gasteiger partial charge on any atom is 0.272 e. The van der Waals surface area contributed by atoms with Gasteiger partial charge in [-0.3, -0.25) is 9.78 Å². The van der Waals surface area contributed by atoms with Gasteiger partial charge in [0.2, 0.25) is 0 Å². The second-order valence-corrected chi connectivity index (χ2v) is 8.22. The van der Waals surface area contributed by atoms with Crippen LogP contribution in [0.25, 0.3) is 0 Å². The van der Waals surface area contributed by atoms with Crippen molar-refractivity contribution in [3.8, 4) is 0 Å². The van der Waals surface area contributed by atoms with Crippen molar-refractivity contribution in [3.63, 3.8) is 0 Å². The number of hydrogen-bond acceptors (Lipinski definition) is 4. The molecule has 0 radical (unpaired) electrons. The highest BCUT2D eigenvalue weighted by atomic mass is 16.5. The van der Waals surface area contributed by atoms with Gasteiger partial charge in [0.05, 0.1) is 5.60 Å². The van der Waals surface area contributed by atoms with Gasteiger partial charge in [0.15, 0.2) is 0 Å². The summed E-state index contributed by atoms with van der Waals surface area (Å²) < 4.78 is 12.1. The Morgan fingerprint density at radius 1 is 1.31 bits per heavy atom. The van der Waals surface area contributed by atoms with Crippen LogP contribution in [0.1, 0.15) is 54.6 Å². The summed E-state index contributed by atoms with van der Waals surface area (Å²) in [7, 11) is 0. The summed E-state index contributed by atoms with van der Waals surface area (Å²) in [6.45, 7) is 6.13. The molecule has 1 atom stereocenters. The van der Waals surface area contributed by atoms with Gasteiger partial charge in [0.25, 0.3) is 5.91 Å². The Bertz CT molecular complexity index is 619. The van der Waals surface area contributed by atoms with Crippen molar-refractivity contribution in [3.05, 3.63) is 29.6 Å². The van der Waals surface area contributed by atoms with Crippen LogP contribution in [0, 0.1) is 18.8 Å². The number of ether oxygens (including phenoxy) is 2. The van der Waals surface area contributed by atoms with Gasteiger partial charge in [-0.15, -0.1) is 0 Å². The average molecular weight is 358 g/mol. The second-order valence-electron chi connectivity index (χ2n) is 8.22. The van der Waals surface area contributed by atoms with Crippen molar-refractivity contribution >= 4 is 5.91 Å². The SMILES string of the molecule is Cc1ccc(C(=O)N2CCC3(CC2)OCCC3CCOCC2CC2)nc1. The number of carbonyl (C=O) groups excluding carboxylic acids is 1. The number of amides is 1. The third-order valence-electron chi connectivity index (χ3n) is 6.29. The highest BCUT2D eigenvalue weighted by Crippen LogP contribution is 2.42. The molecule has 26 heavy (non-hydrogen) atoms. The number of aryl methyl sites for hydroxylation is 1. The molecule has 3 aliphatic rings. The molecule has 142 valence electrons. The molecule has 3 heterocycles. The number of hydrogen-bond donors (Lipinski definition) is 0. The van der Waals surface area contributed by atoms with Crippen molar-refractivity contribution in [1.82, 2.24) is 9.88 Å². The third-order valence-corrected chi connectivity index (χ3v) is 6.29. The zero-order chi connectivity index (χ0) is 18.0. The fourth-order valence-electron chi connectivity index (χ4n) is 4.35. The Morgan fingerprint density at radius 3 is 2.81 bits per heavy atom. The van der Waals surface area contributed by atoms with E-state index in [2.05, 4.69) is 4.98 Å². The fourth-order valence-corrected chi connectivity index (χ4v) is 4.35. The van der Waals surface area contributed by atoms with Gasteiger partial charge >= 0.3 is 0 Å². The molecule has 0 bridgehead atoms. The molecule has 5 nitrogen and oxygen atoms in total. The molecule has 1 aliphatic carbocycles. The molecular weight excluding hydrogens is 328 g/mol. The number of likely N-dealkylation sites (tertiary alicyclic amines) is 1. The van der Waals surface area contributed by atoms with E-state index in [-0.39, 0.29) is 11.5 Å². The second kappa shape index (κ2) is 7.65. The Balaban J connectivity index is 1.29. The van der Waals surface area contributed by atoms with Crippen LogP contribution in [0.4, 0.5) is 0 Å². The van der Waals surface area contributed by atoms with Gasteiger partial charge in [-0.05, 0) is 68.9 Å². The normalized spacial score (nSPS) is 25.0. The quantitative estimate of drug-likeness (QED) is 0.733. The first-order valence-electron chi connectivity index (χ1n) is 10.1. The molecule has 2 saturated heterocycles. The van der Waals surface area contributed by atoms with Crippen LogP contribution in [0.3, 0.4) is 0 Å². The van der Waals surface area contributed by atoms with Crippen LogP contribution in [-0.2, 0) is 9.47 Å². The zero-order valence-corrected chi connectivity index (χ0v) is 15.8. The van der Waals surface area contributed by atoms with Gasteiger partial charge in [0.1, 0.15) is 5.69 Å². The average Bonchev–Trinajstić information content (AvgIpc) is 3.41. The first-order valence-corrected chi connectivity index (χ1v) is 10.1. The molecule has 5 heteroatoms. The molecule has 4 rings (SSSR count). The maximum atomic E-state index is 12.7. The molecule has 1 unspecified atom stereocenters. The summed E-state index contributed by atoms with van der Waals surface area (Å²) in [4.78, 5) is 18.9. The summed E-state index contributed by atoms with van der Waals surface area (Å²) in [5, 5.41) is 0. The highest BCUT2D eigenvalue weighted by Gasteiger charge is 2.46.